The Bertz CT molecular complexity index is 937. The number of rotatable bonds is 5. The molecule has 3 rings (SSSR count). The Morgan fingerprint density at radius 3 is 2.34 bits per heavy atom. The highest BCUT2D eigenvalue weighted by Crippen LogP contribution is 2.41. The molecule has 2 atom stereocenters. The fraction of sp³-hybridized carbons (Fsp3) is 0.381. The van der Waals surface area contributed by atoms with Gasteiger partial charge in [0.05, 0.1) is 18.9 Å². The Hall–Kier alpha value is -2.74. The number of amides is 1. The summed E-state index contributed by atoms with van der Waals surface area (Å²) >= 11 is 1.21. The van der Waals surface area contributed by atoms with Gasteiger partial charge in [-0.2, -0.15) is 0 Å². The van der Waals surface area contributed by atoms with Crippen LogP contribution in [0.2, 0.25) is 0 Å². The van der Waals surface area contributed by atoms with Crippen LogP contribution in [0, 0.1) is 24.6 Å². The van der Waals surface area contributed by atoms with Crippen LogP contribution < -0.4 is 5.32 Å². The van der Waals surface area contributed by atoms with Gasteiger partial charge >= 0.3 is 11.9 Å². The van der Waals surface area contributed by atoms with Gasteiger partial charge in [-0.25, -0.2) is 9.18 Å². The van der Waals surface area contributed by atoms with Crippen molar-refractivity contribution in [3.05, 3.63) is 40.5 Å². The summed E-state index contributed by atoms with van der Waals surface area (Å²) in [6.45, 7) is 1.80. The third-order valence-corrected chi connectivity index (χ3v) is 6.28. The maximum absolute atomic E-state index is 13.3. The van der Waals surface area contributed by atoms with Crippen LogP contribution >= 0.6 is 11.3 Å². The number of aliphatic carboxylic acids is 1. The number of methoxy groups -OCH3 is 1. The lowest BCUT2D eigenvalue weighted by Crippen LogP contribution is -2.36. The van der Waals surface area contributed by atoms with E-state index in [1.165, 1.54) is 30.6 Å². The molecular formula is C21H22FNO5S. The number of halogens is 1. The molecule has 154 valence electrons. The fourth-order valence-electron chi connectivity index (χ4n) is 3.84. The highest BCUT2D eigenvalue weighted by Gasteiger charge is 2.36. The predicted molar refractivity (Wildman–Crippen MR) is 108 cm³/mol. The second-order valence-electron chi connectivity index (χ2n) is 7.06. The Labute approximate surface area is 171 Å². The Kier molecular flexibility index (Phi) is 6.32. The number of thiophene rings is 1. The monoisotopic (exact) mass is 419 g/mol. The number of benzene rings is 1. The molecule has 0 spiro atoms. The maximum Gasteiger partial charge on any atom is 0.341 e. The molecule has 2 aromatic rings. The molecule has 1 aliphatic rings. The molecule has 8 heteroatoms. The Morgan fingerprint density at radius 1 is 1.14 bits per heavy atom. The number of carbonyl (C=O) groups is 3. The van der Waals surface area contributed by atoms with Crippen molar-refractivity contribution in [3.63, 3.8) is 0 Å². The lowest BCUT2D eigenvalue weighted by molar-refractivity contribution is -0.147. The standard InChI is InChI=1S/C21H22FNO5S/c1-11-16(12-7-9-13(22)10-8-12)17(21(27)28-2)19(29-11)23-18(24)14-5-3-4-6-15(14)20(25)26/h7-10,14-15H,3-6H2,1-2H3,(H,23,24)(H,25,26)/t14-,15+/m1/s1. The van der Waals surface area contributed by atoms with Gasteiger partial charge in [0.15, 0.2) is 0 Å². The summed E-state index contributed by atoms with van der Waals surface area (Å²) < 4.78 is 18.2. The smallest absolute Gasteiger partial charge is 0.341 e. The van der Waals surface area contributed by atoms with Gasteiger partial charge in [-0.3, -0.25) is 9.59 Å². The first-order valence-corrected chi connectivity index (χ1v) is 10.2. The molecule has 1 heterocycles. The van der Waals surface area contributed by atoms with Crippen molar-refractivity contribution in [1.29, 1.82) is 0 Å². The summed E-state index contributed by atoms with van der Waals surface area (Å²) in [6, 6.07) is 5.71. The minimum atomic E-state index is -0.979. The van der Waals surface area contributed by atoms with Crippen molar-refractivity contribution in [2.45, 2.75) is 32.6 Å². The lowest BCUT2D eigenvalue weighted by atomic mass is 9.78. The van der Waals surface area contributed by atoms with Crippen LogP contribution in [0.3, 0.4) is 0 Å². The van der Waals surface area contributed by atoms with Crippen molar-refractivity contribution < 1.29 is 28.6 Å². The summed E-state index contributed by atoms with van der Waals surface area (Å²) in [7, 11) is 1.25. The molecule has 1 aromatic carbocycles. The molecule has 0 saturated heterocycles. The van der Waals surface area contributed by atoms with Crippen LogP contribution in [0.25, 0.3) is 11.1 Å². The number of aryl methyl sites for hydroxylation is 1. The molecule has 1 amide bonds. The Morgan fingerprint density at radius 2 is 1.76 bits per heavy atom. The summed E-state index contributed by atoms with van der Waals surface area (Å²) in [5.74, 6) is -3.79. The number of carboxylic acids is 1. The van der Waals surface area contributed by atoms with Crippen LogP contribution in [0.5, 0.6) is 0 Å². The molecule has 0 unspecified atom stereocenters. The van der Waals surface area contributed by atoms with E-state index < -0.39 is 35.5 Å². The first-order chi connectivity index (χ1) is 13.8. The van der Waals surface area contributed by atoms with Crippen LogP contribution in [0.15, 0.2) is 24.3 Å². The second-order valence-corrected chi connectivity index (χ2v) is 8.29. The zero-order valence-electron chi connectivity index (χ0n) is 16.2. The molecule has 1 saturated carbocycles. The minimum absolute atomic E-state index is 0.192. The first-order valence-electron chi connectivity index (χ1n) is 9.34. The Balaban J connectivity index is 1.98. The SMILES string of the molecule is COC(=O)c1c(NC(=O)[C@@H]2CCCC[C@@H]2C(=O)O)sc(C)c1-c1ccc(F)cc1. The molecule has 0 aliphatic heterocycles. The number of nitrogens with one attached hydrogen (secondary N) is 1. The highest BCUT2D eigenvalue weighted by atomic mass is 32.1. The number of carboxylic acid groups (broad SMARTS) is 1. The quantitative estimate of drug-likeness (QED) is 0.697. The summed E-state index contributed by atoms with van der Waals surface area (Å²) in [4.78, 5) is 37.7. The average molecular weight is 419 g/mol. The molecule has 6 nitrogen and oxygen atoms in total. The number of hydrogen-bond donors (Lipinski definition) is 2. The molecular weight excluding hydrogens is 397 g/mol. The van der Waals surface area contributed by atoms with Gasteiger partial charge in [-0.1, -0.05) is 25.0 Å². The number of anilines is 1. The van der Waals surface area contributed by atoms with Crippen LogP contribution in [-0.4, -0.2) is 30.1 Å². The van der Waals surface area contributed by atoms with Crippen molar-refractivity contribution in [3.8, 4) is 11.1 Å². The van der Waals surface area contributed by atoms with E-state index >= 15 is 0 Å². The number of ether oxygens (including phenoxy) is 1. The zero-order chi connectivity index (χ0) is 21.1. The summed E-state index contributed by atoms with van der Waals surface area (Å²) in [5, 5.41) is 12.5. The van der Waals surface area contributed by atoms with Gasteiger partial charge in [0.25, 0.3) is 0 Å². The molecule has 1 aromatic heterocycles. The number of carbonyl (C=O) groups excluding carboxylic acids is 2. The van der Waals surface area contributed by atoms with E-state index in [-0.39, 0.29) is 5.56 Å². The third kappa shape index (κ3) is 4.32. The van der Waals surface area contributed by atoms with Gasteiger partial charge < -0.3 is 15.2 Å². The summed E-state index contributed by atoms with van der Waals surface area (Å²) in [6.07, 6.45) is 2.52. The highest BCUT2D eigenvalue weighted by molar-refractivity contribution is 7.17. The van der Waals surface area contributed by atoms with Gasteiger partial charge in [0.2, 0.25) is 5.91 Å². The van der Waals surface area contributed by atoms with Gasteiger partial charge in [-0.15, -0.1) is 11.3 Å². The van der Waals surface area contributed by atoms with E-state index in [0.717, 1.165) is 17.7 Å². The largest absolute Gasteiger partial charge is 0.481 e. The molecule has 0 radical (unpaired) electrons. The fourth-order valence-corrected chi connectivity index (χ4v) is 4.91. The molecule has 1 fully saturated rings. The number of esters is 1. The topological polar surface area (TPSA) is 92.7 Å². The van der Waals surface area contributed by atoms with Gasteiger partial charge in [-0.05, 0) is 37.5 Å². The van der Waals surface area contributed by atoms with Crippen molar-refractivity contribution in [2.24, 2.45) is 11.8 Å². The van der Waals surface area contributed by atoms with Gasteiger partial charge in [0, 0.05) is 10.4 Å². The van der Waals surface area contributed by atoms with E-state index in [1.54, 1.807) is 19.1 Å². The van der Waals surface area contributed by atoms with Gasteiger partial charge in [0.1, 0.15) is 16.4 Å². The number of hydrogen-bond acceptors (Lipinski definition) is 5. The summed E-state index contributed by atoms with van der Waals surface area (Å²) in [5.41, 5.74) is 1.38. The van der Waals surface area contributed by atoms with Crippen LogP contribution in [0.1, 0.15) is 40.9 Å². The van der Waals surface area contributed by atoms with Crippen molar-refractivity contribution >= 4 is 34.2 Å². The van der Waals surface area contributed by atoms with E-state index in [9.17, 15) is 23.9 Å². The third-order valence-electron chi connectivity index (χ3n) is 5.26. The molecule has 1 aliphatic carbocycles. The predicted octanol–water partition coefficient (Wildman–Crippen LogP) is 4.48. The van der Waals surface area contributed by atoms with Crippen molar-refractivity contribution in [2.75, 3.05) is 12.4 Å². The van der Waals surface area contributed by atoms with E-state index in [2.05, 4.69) is 5.32 Å². The van der Waals surface area contributed by atoms with E-state index in [1.807, 2.05) is 0 Å². The normalized spacial score (nSPS) is 18.9. The maximum atomic E-state index is 13.3. The molecule has 2 N–H and O–H groups in total. The minimum Gasteiger partial charge on any atom is -0.481 e. The second kappa shape index (κ2) is 8.73. The van der Waals surface area contributed by atoms with E-state index in [4.69, 9.17) is 4.74 Å². The van der Waals surface area contributed by atoms with E-state index in [0.29, 0.717) is 29.0 Å². The lowest BCUT2D eigenvalue weighted by Gasteiger charge is -2.27. The first kappa shape index (κ1) is 21.0. The molecule has 29 heavy (non-hydrogen) atoms. The van der Waals surface area contributed by atoms with Crippen LogP contribution in [0.4, 0.5) is 9.39 Å². The zero-order valence-corrected chi connectivity index (χ0v) is 17.0. The van der Waals surface area contributed by atoms with Crippen LogP contribution in [-0.2, 0) is 14.3 Å². The van der Waals surface area contributed by atoms with Crippen molar-refractivity contribution in [1.82, 2.24) is 0 Å². The molecule has 0 bridgehead atoms. The average Bonchev–Trinajstić information content (AvgIpc) is 3.03.